The first-order valence-corrected chi connectivity index (χ1v) is 9.18. The number of alkyl halides is 3. The Morgan fingerprint density at radius 3 is 2.48 bits per heavy atom. The van der Waals surface area contributed by atoms with Crippen molar-refractivity contribution in [2.75, 3.05) is 0 Å². The first-order valence-electron chi connectivity index (χ1n) is 8.01. The standard InChI is InChI=1S/C18H15BrClF3N2O2/c1-2-3-4-14(26)27-10-25-16(11-5-7-12(20)8-6-11)13(9-24)15(19)17(25)18(21,22)23/h5-8H,2-4,10H2,1H3. The third-order valence-corrected chi connectivity index (χ3v) is 4.82. The lowest BCUT2D eigenvalue weighted by molar-refractivity contribution is -0.155. The number of esters is 1. The van der Waals surface area contributed by atoms with Crippen LogP contribution in [0.3, 0.4) is 0 Å². The summed E-state index contributed by atoms with van der Waals surface area (Å²) in [4.78, 5) is 11.8. The summed E-state index contributed by atoms with van der Waals surface area (Å²) in [6, 6.07) is 7.80. The van der Waals surface area contributed by atoms with E-state index in [1.807, 2.05) is 6.92 Å². The summed E-state index contributed by atoms with van der Waals surface area (Å²) < 4.78 is 46.3. The van der Waals surface area contributed by atoms with Gasteiger partial charge in [0, 0.05) is 11.4 Å². The SMILES string of the molecule is CCCCC(=O)OCn1c(-c2ccc(Cl)cc2)c(C#N)c(Br)c1C(F)(F)F. The highest BCUT2D eigenvalue weighted by Gasteiger charge is 2.41. The number of halogens is 5. The Morgan fingerprint density at radius 2 is 1.96 bits per heavy atom. The van der Waals surface area contributed by atoms with Gasteiger partial charge in [-0.1, -0.05) is 37.1 Å². The van der Waals surface area contributed by atoms with Crippen LogP contribution in [0.4, 0.5) is 13.2 Å². The van der Waals surface area contributed by atoms with Crippen LogP contribution >= 0.6 is 27.5 Å². The summed E-state index contributed by atoms with van der Waals surface area (Å²) in [7, 11) is 0. The van der Waals surface area contributed by atoms with Crippen LogP contribution in [0.15, 0.2) is 28.7 Å². The number of hydrogen-bond donors (Lipinski definition) is 0. The zero-order valence-corrected chi connectivity index (χ0v) is 16.6. The molecule has 4 nitrogen and oxygen atoms in total. The zero-order chi connectivity index (χ0) is 20.2. The summed E-state index contributed by atoms with van der Waals surface area (Å²) >= 11 is 8.72. The van der Waals surface area contributed by atoms with Crippen LogP contribution in [0.5, 0.6) is 0 Å². The van der Waals surface area contributed by atoms with Crippen molar-refractivity contribution < 1.29 is 22.7 Å². The molecule has 0 spiro atoms. The summed E-state index contributed by atoms with van der Waals surface area (Å²) in [5.41, 5.74) is -0.949. The molecule has 0 bridgehead atoms. The minimum absolute atomic E-state index is 0.00309. The van der Waals surface area contributed by atoms with Crippen LogP contribution in [0.1, 0.15) is 37.4 Å². The van der Waals surface area contributed by atoms with E-state index in [4.69, 9.17) is 16.3 Å². The minimum Gasteiger partial charge on any atom is -0.444 e. The smallest absolute Gasteiger partial charge is 0.432 e. The van der Waals surface area contributed by atoms with Gasteiger partial charge in [0.25, 0.3) is 0 Å². The van der Waals surface area contributed by atoms with E-state index in [1.54, 1.807) is 6.07 Å². The second kappa shape index (κ2) is 8.81. The summed E-state index contributed by atoms with van der Waals surface area (Å²) in [6.07, 6.45) is -3.31. The highest BCUT2D eigenvalue weighted by atomic mass is 79.9. The Bertz CT molecular complexity index is 871. The van der Waals surface area contributed by atoms with Gasteiger partial charge in [-0.2, -0.15) is 18.4 Å². The maximum atomic E-state index is 13.6. The fraction of sp³-hybridized carbons (Fsp3) is 0.333. The van der Waals surface area contributed by atoms with Gasteiger partial charge in [0.2, 0.25) is 0 Å². The van der Waals surface area contributed by atoms with Crippen molar-refractivity contribution in [3.63, 3.8) is 0 Å². The number of nitrogens with zero attached hydrogens (tertiary/aromatic N) is 2. The second-order valence-electron chi connectivity index (χ2n) is 5.68. The maximum absolute atomic E-state index is 13.6. The molecule has 2 rings (SSSR count). The van der Waals surface area contributed by atoms with E-state index in [2.05, 4.69) is 15.9 Å². The number of aromatic nitrogens is 1. The normalized spacial score (nSPS) is 11.3. The van der Waals surface area contributed by atoms with Crippen molar-refractivity contribution in [2.45, 2.75) is 39.1 Å². The second-order valence-corrected chi connectivity index (χ2v) is 6.91. The van der Waals surface area contributed by atoms with Crippen LogP contribution < -0.4 is 0 Å². The molecule has 0 aliphatic rings. The Labute approximate surface area is 167 Å². The number of nitriles is 1. The van der Waals surface area contributed by atoms with Crippen LogP contribution in [-0.2, 0) is 22.4 Å². The monoisotopic (exact) mass is 462 g/mol. The molecule has 9 heteroatoms. The van der Waals surface area contributed by atoms with E-state index in [0.717, 1.165) is 11.0 Å². The van der Waals surface area contributed by atoms with Crippen LogP contribution in [0.2, 0.25) is 5.02 Å². The quantitative estimate of drug-likeness (QED) is 0.483. The molecule has 2 aromatic rings. The Hall–Kier alpha value is -1.98. The molecule has 1 aromatic heterocycles. The molecule has 27 heavy (non-hydrogen) atoms. The lowest BCUT2D eigenvalue weighted by atomic mass is 10.1. The predicted octanol–water partition coefficient (Wildman–Crippen LogP) is 6.15. The van der Waals surface area contributed by atoms with Crippen molar-refractivity contribution in [2.24, 2.45) is 0 Å². The molecule has 0 radical (unpaired) electrons. The molecule has 0 saturated heterocycles. The van der Waals surface area contributed by atoms with Gasteiger partial charge >= 0.3 is 12.1 Å². The third kappa shape index (κ3) is 4.85. The molecule has 0 unspecified atom stereocenters. The number of hydrogen-bond acceptors (Lipinski definition) is 3. The van der Waals surface area contributed by atoms with Crippen LogP contribution in [-0.4, -0.2) is 10.5 Å². The van der Waals surface area contributed by atoms with Gasteiger partial charge in [0.1, 0.15) is 11.8 Å². The van der Waals surface area contributed by atoms with Gasteiger partial charge < -0.3 is 9.30 Å². The fourth-order valence-corrected chi connectivity index (χ4v) is 3.38. The number of ether oxygens (including phenoxy) is 1. The Balaban J connectivity index is 2.58. The summed E-state index contributed by atoms with van der Waals surface area (Å²) in [5, 5.41) is 9.82. The first-order chi connectivity index (χ1) is 12.7. The molecule has 0 fully saturated rings. The number of rotatable bonds is 6. The van der Waals surface area contributed by atoms with Gasteiger partial charge in [-0.15, -0.1) is 0 Å². The Kier molecular flexibility index (Phi) is 6.95. The number of carbonyl (C=O) groups excluding carboxylic acids is 1. The molecule has 0 atom stereocenters. The van der Waals surface area contributed by atoms with Crippen molar-refractivity contribution in [1.82, 2.24) is 4.57 Å². The van der Waals surface area contributed by atoms with E-state index in [0.29, 0.717) is 17.0 Å². The maximum Gasteiger partial charge on any atom is 0.432 e. The fourth-order valence-electron chi connectivity index (χ4n) is 2.53. The molecule has 0 amide bonds. The molecule has 144 valence electrons. The summed E-state index contributed by atoms with van der Waals surface area (Å²) in [5.74, 6) is -0.602. The van der Waals surface area contributed by atoms with E-state index in [-0.39, 0.29) is 17.7 Å². The molecular weight excluding hydrogens is 449 g/mol. The molecule has 0 aliphatic heterocycles. The number of unbranched alkanes of at least 4 members (excludes halogenated alkanes) is 1. The summed E-state index contributed by atoms with van der Waals surface area (Å²) in [6.45, 7) is 1.23. The average molecular weight is 464 g/mol. The van der Waals surface area contributed by atoms with Gasteiger partial charge in [-0.05, 0) is 40.0 Å². The van der Waals surface area contributed by atoms with Crippen molar-refractivity contribution >= 4 is 33.5 Å². The molecule has 1 aromatic carbocycles. The van der Waals surface area contributed by atoms with Crippen LogP contribution in [0, 0.1) is 11.3 Å². The predicted molar refractivity (Wildman–Crippen MR) is 97.9 cm³/mol. The van der Waals surface area contributed by atoms with E-state index >= 15 is 0 Å². The molecule has 0 N–H and O–H groups in total. The van der Waals surface area contributed by atoms with E-state index < -0.39 is 29.0 Å². The highest BCUT2D eigenvalue weighted by molar-refractivity contribution is 9.10. The third-order valence-electron chi connectivity index (χ3n) is 3.79. The Morgan fingerprint density at radius 1 is 1.33 bits per heavy atom. The lowest BCUT2D eigenvalue weighted by Crippen LogP contribution is -2.18. The van der Waals surface area contributed by atoms with Gasteiger partial charge in [-0.3, -0.25) is 4.79 Å². The topological polar surface area (TPSA) is 55.0 Å². The van der Waals surface area contributed by atoms with Crippen molar-refractivity contribution in [1.29, 1.82) is 5.26 Å². The van der Waals surface area contributed by atoms with Gasteiger partial charge in [0.05, 0.1) is 15.7 Å². The molecule has 1 heterocycles. The first kappa shape index (κ1) is 21.3. The van der Waals surface area contributed by atoms with Crippen molar-refractivity contribution in [3.8, 4) is 17.3 Å². The van der Waals surface area contributed by atoms with E-state index in [9.17, 15) is 23.2 Å². The molecule has 0 saturated carbocycles. The zero-order valence-electron chi connectivity index (χ0n) is 14.2. The highest BCUT2D eigenvalue weighted by Crippen LogP contribution is 2.43. The average Bonchev–Trinajstić information content (AvgIpc) is 2.90. The van der Waals surface area contributed by atoms with E-state index in [1.165, 1.54) is 24.3 Å². The minimum atomic E-state index is -4.76. The number of benzene rings is 1. The number of carbonyl (C=O) groups is 1. The largest absolute Gasteiger partial charge is 0.444 e. The molecular formula is C18H15BrClF3N2O2. The van der Waals surface area contributed by atoms with Gasteiger partial charge in [0.15, 0.2) is 6.73 Å². The van der Waals surface area contributed by atoms with Gasteiger partial charge in [-0.25, -0.2) is 0 Å². The molecule has 0 aliphatic carbocycles. The van der Waals surface area contributed by atoms with Crippen molar-refractivity contribution in [3.05, 3.63) is 45.0 Å². The lowest BCUT2D eigenvalue weighted by Gasteiger charge is -2.16. The van der Waals surface area contributed by atoms with Crippen LogP contribution in [0.25, 0.3) is 11.3 Å².